The van der Waals surface area contributed by atoms with Gasteiger partial charge in [0.25, 0.3) is 10.1 Å². The molecule has 48 valence electrons. The Hall–Kier alpha value is -0.130. The minimum Gasteiger partial charge on any atom is -0.325 e. The summed E-state index contributed by atoms with van der Waals surface area (Å²) in [6.07, 6.45) is 0. The molecule has 0 aliphatic carbocycles. The van der Waals surface area contributed by atoms with Gasteiger partial charge in [0.1, 0.15) is 0 Å². The molecule has 1 rings (SSSR count). The Morgan fingerprint density at radius 1 is 1.62 bits per heavy atom. The van der Waals surface area contributed by atoms with Crippen LogP contribution in [0, 0.1) is 0 Å². The van der Waals surface area contributed by atoms with Gasteiger partial charge < -0.3 is 5.73 Å². The summed E-state index contributed by atoms with van der Waals surface area (Å²) in [6.45, 7) is 0.141. The van der Waals surface area contributed by atoms with E-state index in [0.717, 1.165) is 0 Å². The monoisotopic (exact) mass is 137 g/mol. The first-order chi connectivity index (χ1) is 3.60. The van der Waals surface area contributed by atoms with Crippen LogP contribution in [-0.2, 0) is 14.3 Å². The molecule has 0 aromatic rings. The van der Waals surface area contributed by atoms with Crippen molar-refractivity contribution >= 4 is 10.1 Å². The van der Waals surface area contributed by atoms with Crippen molar-refractivity contribution < 1.29 is 12.6 Å². The van der Waals surface area contributed by atoms with Crippen molar-refractivity contribution in [2.24, 2.45) is 5.73 Å². The zero-order valence-corrected chi connectivity index (χ0v) is 5.02. The molecule has 4 nitrogen and oxygen atoms in total. The fourth-order valence-corrected chi connectivity index (χ4v) is 1.65. The Balaban J connectivity index is 2.71. The average Bonchev–Trinajstić information content (AvgIpc) is 1.82. The van der Waals surface area contributed by atoms with Gasteiger partial charge >= 0.3 is 0 Å². The highest BCUT2D eigenvalue weighted by Gasteiger charge is 2.25. The predicted molar refractivity (Wildman–Crippen MR) is 27.7 cm³/mol. The third-order valence-electron chi connectivity index (χ3n) is 0.880. The van der Waals surface area contributed by atoms with Crippen LogP contribution in [0.25, 0.3) is 0 Å². The zero-order valence-electron chi connectivity index (χ0n) is 4.20. The molecule has 1 aliphatic rings. The highest BCUT2D eigenvalue weighted by Crippen LogP contribution is 2.04. The topological polar surface area (TPSA) is 69.4 Å². The SMILES string of the molecule is N[C@@H]1COS(=O)(=O)C1. The third kappa shape index (κ3) is 1.18. The van der Waals surface area contributed by atoms with Crippen molar-refractivity contribution in [3.05, 3.63) is 0 Å². The van der Waals surface area contributed by atoms with Gasteiger partial charge in [-0.25, -0.2) is 0 Å². The molecule has 0 bridgehead atoms. The van der Waals surface area contributed by atoms with Crippen LogP contribution >= 0.6 is 0 Å². The van der Waals surface area contributed by atoms with E-state index >= 15 is 0 Å². The maximum absolute atomic E-state index is 10.3. The molecule has 0 aromatic heterocycles. The van der Waals surface area contributed by atoms with Gasteiger partial charge in [-0.2, -0.15) is 8.42 Å². The third-order valence-corrected chi connectivity index (χ3v) is 2.21. The molecule has 1 heterocycles. The van der Waals surface area contributed by atoms with Crippen LogP contribution in [0.4, 0.5) is 0 Å². The van der Waals surface area contributed by atoms with Crippen LogP contribution in [0.5, 0.6) is 0 Å². The van der Waals surface area contributed by atoms with Crippen molar-refractivity contribution in [3.8, 4) is 0 Å². The molecule has 0 unspecified atom stereocenters. The molecule has 8 heavy (non-hydrogen) atoms. The Morgan fingerprint density at radius 3 is 2.38 bits per heavy atom. The van der Waals surface area contributed by atoms with Gasteiger partial charge in [0.15, 0.2) is 0 Å². The smallest absolute Gasteiger partial charge is 0.268 e. The minimum absolute atomic E-state index is 0.0347. The quantitative estimate of drug-likeness (QED) is 0.420. The lowest BCUT2D eigenvalue weighted by Crippen LogP contribution is -2.23. The largest absolute Gasteiger partial charge is 0.325 e. The molecule has 1 atom stereocenters. The molecule has 0 radical (unpaired) electrons. The van der Waals surface area contributed by atoms with Crippen LogP contribution in [0.3, 0.4) is 0 Å². The van der Waals surface area contributed by atoms with Gasteiger partial charge in [-0.1, -0.05) is 0 Å². The first-order valence-electron chi connectivity index (χ1n) is 2.23. The number of hydrogen-bond donors (Lipinski definition) is 1. The number of hydrogen-bond acceptors (Lipinski definition) is 4. The van der Waals surface area contributed by atoms with Crippen molar-refractivity contribution in [1.29, 1.82) is 0 Å². The van der Waals surface area contributed by atoms with Crippen molar-refractivity contribution in [3.63, 3.8) is 0 Å². The summed E-state index contributed by atoms with van der Waals surface area (Å²) >= 11 is 0. The highest BCUT2D eigenvalue weighted by atomic mass is 32.2. The molecule has 1 aliphatic heterocycles. The summed E-state index contributed by atoms with van der Waals surface area (Å²) in [5.41, 5.74) is 5.21. The molecule has 1 fully saturated rings. The standard InChI is InChI=1S/C3H7NO3S/c4-3-1-7-8(5,6)2-3/h3H,1-2,4H2/t3-/m1/s1. The molecule has 5 heteroatoms. The second-order valence-electron chi connectivity index (χ2n) is 1.77. The minimum atomic E-state index is -3.22. The average molecular weight is 137 g/mol. The second-order valence-corrected chi connectivity index (χ2v) is 3.45. The maximum Gasteiger partial charge on any atom is 0.268 e. The summed E-state index contributed by atoms with van der Waals surface area (Å²) in [6, 6.07) is -0.319. The Kier molecular flexibility index (Phi) is 1.26. The molecular weight excluding hydrogens is 130 g/mol. The van der Waals surface area contributed by atoms with Gasteiger partial charge in [0, 0.05) is 6.04 Å². The van der Waals surface area contributed by atoms with Crippen LogP contribution in [0.15, 0.2) is 0 Å². The summed E-state index contributed by atoms with van der Waals surface area (Å²) in [7, 11) is -3.22. The highest BCUT2D eigenvalue weighted by molar-refractivity contribution is 7.87. The van der Waals surface area contributed by atoms with Gasteiger partial charge in [0.05, 0.1) is 12.4 Å². The summed E-state index contributed by atoms with van der Waals surface area (Å²) < 4.78 is 25.0. The summed E-state index contributed by atoms with van der Waals surface area (Å²) in [5, 5.41) is 0. The van der Waals surface area contributed by atoms with E-state index in [2.05, 4.69) is 4.18 Å². The molecular formula is C3H7NO3S. The van der Waals surface area contributed by atoms with Gasteiger partial charge in [-0.3, -0.25) is 4.18 Å². The van der Waals surface area contributed by atoms with Crippen molar-refractivity contribution in [2.45, 2.75) is 6.04 Å². The van der Waals surface area contributed by atoms with E-state index in [4.69, 9.17) is 5.73 Å². The molecule has 1 saturated heterocycles. The van der Waals surface area contributed by atoms with E-state index in [0.29, 0.717) is 0 Å². The van der Waals surface area contributed by atoms with E-state index in [1.165, 1.54) is 0 Å². The summed E-state index contributed by atoms with van der Waals surface area (Å²) in [4.78, 5) is 0. The summed E-state index contributed by atoms with van der Waals surface area (Å²) in [5.74, 6) is -0.0347. The predicted octanol–water partition coefficient (Wildman–Crippen LogP) is -1.33. The van der Waals surface area contributed by atoms with E-state index in [1.54, 1.807) is 0 Å². The molecule has 2 N–H and O–H groups in total. The lowest BCUT2D eigenvalue weighted by molar-refractivity contribution is 0.340. The van der Waals surface area contributed by atoms with E-state index in [1.807, 2.05) is 0 Å². The van der Waals surface area contributed by atoms with E-state index in [-0.39, 0.29) is 18.4 Å². The Bertz CT molecular complexity index is 173. The van der Waals surface area contributed by atoms with Crippen LogP contribution in [0.1, 0.15) is 0 Å². The Labute approximate surface area is 47.8 Å². The van der Waals surface area contributed by atoms with E-state index in [9.17, 15) is 8.42 Å². The fourth-order valence-electron chi connectivity index (χ4n) is 0.549. The lowest BCUT2D eigenvalue weighted by atomic mass is 10.4. The molecule has 0 spiro atoms. The maximum atomic E-state index is 10.3. The first-order valence-corrected chi connectivity index (χ1v) is 3.80. The number of rotatable bonds is 0. The zero-order chi connectivity index (χ0) is 6.20. The lowest BCUT2D eigenvalue weighted by Gasteiger charge is -1.87. The van der Waals surface area contributed by atoms with Crippen molar-refractivity contribution in [1.82, 2.24) is 0 Å². The van der Waals surface area contributed by atoms with Crippen LogP contribution < -0.4 is 5.73 Å². The van der Waals surface area contributed by atoms with Crippen molar-refractivity contribution in [2.75, 3.05) is 12.4 Å². The first kappa shape index (κ1) is 6.00. The van der Waals surface area contributed by atoms with E-state index < -0.39 is 10.1 Å². The normalized spacial score (nSPS) is 35.4. The molecule has 0 saturated carbocycles. The fraction of sp³-hybridized carbons (Fsp3) is 1.00. The number of nitrogens with two attached hydrogens (primary N) is 1. The Morgan fingerprint density at radius 2 is 2.25 bits per heavy atom. The van der Waals surface area contributed by atoms with Gasteiger partial charge in [0.2, 0.25) is 0 Å². The second kappa shape index (κ2) is 1.68. The van der Waals surface area contributed by atoms with Gasteiger partial charge in [-0.15, -0.1) is 0 Å². The molecule has 0 aromatic carbocycles. The van der Waals surface area contributed by atoms with Crippen LogP contribution in [-0.4, -0.2) is 26.8 Å². The molecule has 0 amide bonds. The van der Waals surface area contributed by atoms with Gasteiger partial charge in [-0.05, 0) is 0 Å². The van der Waals surface area contributed by atoms with Crippen LogP contribution in [0.2, 0.25) is 0 Å².